The quantitative estimate of drug-likeness (QED) is 0.262. The van der Waals surface area contributed by atoms with Gasteiger partial charge in [0, 0.05) is 5.56 Å². The molecular formula is C19H14O5S3. The van der Waals surface area contributed by atoms with Crippen LogP contribution in [0.15, 0.2) is 81.9 Å². The third-order valence-electron chi connectivity index (χ3n) is 3.43. The molecule has 0 saturated heterocycles. The highest BCUT2D eigenvalue weighted by molar-refractivity contribution is 7.79. The van der Waals surface area contributed by atoms with Gasteiger partial charge in [-0.2, -0.15) is 0 Å². The summed E-state index contributed by atoms with van der Waals surface area (Å²) < 4.78 is 39.0. The highest BCUT2D eigenvalue weighted by atomic mass is 32.3. The SMILES string of the molecule is O=S(=O)([O-])O.c1ccc(-c2cc(-c3cccs3)[o+]c(-c3cccs3)c2)cc1. The second-order valence-corrected chi connectivity index (χ2v) is 8.07. The molecule has 0 radical (unpaired) electrons. The van der Waals surface area contributed by atoms with Crippen molar-refractivity contribution in [3.63, 3.8) is 0 Å². The van der Waals surface area contributed by atoms with Crippen molar-refractivity contribution in [2.24, 2.45) is 0 Å². The smallest absolute Gasteiger partial charge is 0.371 e. The molecule has 0 spiro atoms. The summed E-state index contributed by atoms with van der Waals surface area (Å²) in [4.78, 5) is 2.30. The zero-order valence-corrected chi connectivity index (χ0v) is 16.3. The Balaban J connectivity index is 0.000000376. The molecule has 0 aliphatic rings. The highest BCUT2D eigenvalue weighted by Gasteiger charge is 2.21. The molecule has 4 aromatic rings. The lowest BCUT2D eigenvalue weighted by molar-refractivity contribution is 0.366. The summed E-state index contributed by atoms with van der Waals surface area (Å²) in [5.74, 6) is 1.83. The summed E-state index contributed by atoms with van der Waals surface area (Å²) in [6, 6.07) is 23.0. The van der Waals surface area contributed by atoms with Crippen LogP contribution >= 0.6 is 22.7 Å². The molecule has 1 N–H and O–H groups in total. The van der Waals surface area contributed by atoms with Gasteiger partial charge in [0.1, 0.15) is 9.75 Å². The number of benzene rings is 1. The van der Waals surface area contributed by atoms with Gasteiger partial charge in [-0.05, 0) is 28.5 Å². The van der Waals surface area contributed by atoms with Crippen LogP contribution < -0.4 is 0 Å². The predicted molar refractivity (Wildman–Crippen MR) is 108 cm³/mol. The van der Waals surface area contributed by atoms with Crippen LogP contribution in [0.25, 0.3) is 32.4 Å². The van der Waals surface area contributed by atoms with Crippen LogP contribution in [0.3, 0.4) is 0 Å². The van der Waals surface area contributed by atoms with Crippen LogP contribution in [0.4, 0.5) is 0 Å². The van der Waals surface area contributed by atoms with E-state index in [1.54, 1.807) is 22.7 Å². The molecule has 138 valence electrons. The Labute approximate surface area is 164 Å². The van der Waals surface area contributed by atoms with Crippen molar-refractivity contribution >= 4 is 33.1 Å². The van der Waals surface area contributed by atoms with E-state index in [4.69, 9.17) is 21.9 Å². The van der Waals surface area contributed by atoms with Crippen LogP contribution in [0, 0.1) is 0 Å². The van der Waals surface area contributed by atoms with Gasteiger partial charge < -0.3 is 4.55 Å². The monoisotopic (exact) mass is 418 g/mol. The summed E-state index contributed by atoms with van der Waals surface area (Å²) in [7, 11) is -4.92. The third-order valence-corrected chi connectivity index (χ3v) is 5.20. The van der Waals surface area contributed by atoms with Crippen molar-refractivity contribution < 1.29 is 21.9 Å². The molecule has 0 fully saturated rings. The van der Waals surface area contributed by atoms with Crippen LogP contribution in [0.5, 0.6) is 0 Å². The Morgan fingerprint density at radius 2 is 1.26 bits per heavy atom. The minimum absolute atomic E-state index is 0.916. The molecule has 0 aliphatic heterocycles. The van der Waals surface area contributed by atoms with Crippen molar-refractivity contribution in [3.05, 3.63) is 77.5 Å². The fourth-order valence-electron chi connectivity index (χ4n) is 2.38. The molecule has 0 bridgehead atoms. The molecule has 0 atom stereocenters. The maximum absolute atomic E-state index is 8.63. The summed E-state index contributed by atoms with van der Waals surface area (Å²) in [6.45, 7) is 0. The van der Waals surface area contributed by atoms with E-state index in [2.05, 4.69) is 71.4 Å². The molecule has 0 amide bonds. The van der Waals surface area contributed by atoms with Crippen LogP contribution in [0.1, 0.15) is 0 Å². The minimum Gasteiger partial charge on any atom is -0.726 e. The molecule has 8 heteroatoms. The van der Waals surface area contributed by atoms with Crippen LogP contribution in [0.2, 0.25) is 0 Å². The van der Waals surface area contributed by atoms with Crippen LogP contribution in [-0.2, 0) is 10.4 Å². The van der Waals surface area contributed by atoms with Gasteiger partial charge in [0.25, 0.3) is 0 Å². The van der Waals surface area contributed by atoms with Crippen molar-refractivity contribution in [1.29, 1.82) is 0 Å². The van der Waals surface area contributed by atoms with Crippen molar-refractivity contribution in [2.75, 3.05) is 0 Å². The fraction of sp³-hybridized carbons (Fsp3) is 0. The lowest BCUT2D eigenvalue weighted by Crippen LogP contribution is -1.90. The Morgan fingerprint density at radius 3 is 1.67 bits per heavy atom. The fourth-order valence-corrected chi connectivity index (χ4v) is 3.73. The van der Waals surface area contributed by atoms with E-state index in [1.807, 2.05) is 6.07 Å². The van der Waals surface area contributed by atoms with Gasteiger partial charge in [-0.3, -0.25) is 4.55 Å². The van der Waals surface area contributed by atoms with Gasteiger partial charge in [-0.25, -0.2) is 12.8 Å². The Kier molecular flexibility index (Phi) is 6.15. The summed E-state index contributed by atoms with van der Waals surface area (Å²) >= 11 is 3.39. The zero-order chi connectivity index (χ0) is 19.3. The van der Waals surface area contributed by atoms with Crippen molar-refractivity contribution in [1.82, 2.24) is 0 Å². The van der Waals surface area contributed by atoms with E-state index in [0.717, 1.165) is 21.3 Å². The zero-order valence-electron chi connectivity index (χ0n) is 13.8. The second-order valence-electron chi connectivity index (χ2n) is 5.32. The molecule has 5 nitrogen and oxygen atoms in total. The van der Waals surface area contributed by atoms with Gasteiger partial charge in [-0.1, -0.05) is 42.5 Å². The van der Waals surface area contributed by atoms with E-state index in [1.165, 1.54) is 11.1 Å². The first-order valence-corrected chi connectivity index (χ1v) is 10.8. The third kappa shape index (κ3) is 5.81. The Bertz CT molecular complexity index is 1030. The van der Waals surface area contributed by atoms with Crippen molar-refractivity contribution in [2.45, 2.75) is 0 Å². The molecular weight excluding hydrogens is 404 g/mol. The molecule has 0 aliphatic carbocycles. The lowest BCUT2D eigenvalue weighted by Gasteiger charge is -2.00. The maximum Gasteiger partial charge on any atom is 0.371 e. The maximum atomic E-state index is 8.63. The topological polar surface area (TPSA) is 88.7 Å². The molecule has 0 unspecified atom stereocenters. The van der Waals surface area contributed by atoms with Gasteiger partial charge in [0.2, 0.25) is 10.4 Å². The number of rotatable bonds is 3. The summed E-state index contributed by atoms with van der Waals surface area (Å²) in [5, 5.41) is 4.15. The van der Waals surface area contributed by atoms with Gasteiger partial charge in [-0.15, -0.1) is 22.7 Å². The molecule has 4 rings (SSSR count). The second kappa shape index (κ2) is 8.55. The number of thiophene rings is 2. The van der Waals surface area contributed by atoms with E-state index in [0.29, 0.717) is 0 Å². The molecule has 1 aromatic carbocycles. The summed E-state index contributed by atoms with van der Waals surface area (Å²) in [6.07, 6.45) is 0. The first kappa shape index (κ1) is 19.4. The van der Waals surface area contributed by atoms with E-state index in [-0.39, 0.29) is 0 Å². The Hall–Kier alpha value is -2.36. The standard InChI is InChI=1S/C19H13OS2.H2O4S/c1-2-6-14(7-3-1)15-12-16(18-8-4-10-21-18)20-17(13-15)19-9-5-11-22-19;1-5(2,3)4/h1-13H;(H2,1,2,3,4)/q+1;/p-1. The average molecular weight is 419 g/mol. The largest absolute Gasteiger partial charge is 0.726 e. The average Bonchev–Trinajstić information content (AvgIpc) is 3.34. The number of hydrogen-bond acceptors (Lipinski definition) is 5. The lowest BCUT2D eigenvalue weighted by atomic mass is 10.1. The number of hydrogen-bond donors (Lipinski definition) is 1. The normalized spacial score (nSPS) is 10.9. The Morgan fingerprint density at radius 1 is 0.778 bits per heavy atom. The highest BCUT2D eigenvalue weighted by Crippen LogP contribution is 2.35. The van der Waals surface area contributed by atoms with Crippen molar-refractivity contribution in [3.8, 4) is 32.4 Å². The van der Waals surface area contributed by atoms with E-state index in [9.17, 15) is 0 Å². The summed E-state index contributed by atoms with van der Waals surface area (Å²) in [5.41, 5.74) is 2.38. The van der Waals surface area contributed by atoms with Gasteiger partial charge in [0.15, 0.2) is 0 Å². The van der Waals surface area contributed by atoms with Crippen LogP contribution in [-0.4, -0.2) is 17.5 Å². The molecule has 0 saturated carbocycles. The first-order chi connectivity index (χ1) is 12.9. The molecule has 27 heavy (non-hydrogen) atoms. The van der Waals surface area contributed by atoms with Gasteiger partial charge >= 0.3 is 11.5 Å². The predicted octanol–water partition coefficient (Wildman–Crippen LogP) is 5.69. The minimum atomic E-state index is -4.92. The van der Waals surface area contributed by atoms with E-state index < -0.39 is 10.4 Å². The molecule has 3 aromatic heterocycles. The van der Waals surface area contributed by atoms with E-state index >= 15 is 0 Å². The molecule has 3 heterocycles. The van der Waals surface area contributed by atoms with Gasteiger partial charge in [0.05, 0.1) is 12.1 Å². The first-order valence-electron chi connectivity index (χ1n) is 7.70.